The predicted molar refractivity (Wildman–Crippen MR) is 104 cm³/mol. The van der Waals surface area contributed by atoms with Gasteiger partial charge in [0, 0.05) is 22.4 Å². The first-order valence-corrected chi connectivity index (χ1v) is 10.7. The summed E-state index contributed by atoms with van der Waals surface area (Å²) in [7, 11) is 0. The van der Waals surface area contributed by atoms with Gasteiger partial charge in [0.15, 0.2) is 6.61 Å². The van der Waals surface area contributed by atoms with Crippen LogP contribution in [0.25, 0.3) is 10.6 Å². The summed E-state index contributed by atoms with van der Waals surface area (Å²) in [6, 6.07) is 1.54. The van der Waals surface area contributed by atoms with Gasteiger partial charge in [0.2, 0.25) is 0 Å². The number of hydrogen-bond donors (Lipinski definition) is 2. The Morgan fingerprint density at radius 3 is 2.74 bits per heavy atom. The second kappa shape index (κ2) is 9.61. The van der Waals surface area contributed by atoms with Gasteiger partial charge in [-0.25, -0.2) is 9.78 Å². The molecule has 2 heterocycles. The SMILES string of the molecule is O=C(COC(=O)Cc1csc(-c2ccsc2)n1)NC(=O)NC1CCCCC1. The fourth-order valence-corrected chi connectivity index (χ4v) is 4.41. The zero-order valence-electron chi connectivity index (χ0n) is 14.7. The van der Waals surface area contributed by atoms with Crippen molar-refractivity contribution in [2.75, 3.05) is 6.61 Å². The number of nitrogens with zero attached hydrogens (tertiary/aromatic N) is 1. The quantitative estimate of drug-likeness (QED) is 0.717. The number of urea groups is 1. The van der Waals surface area contributed by atoms with Crippen LogP contribution in [-0.4, -0.2) is 35.5 Å². The van der Waals surface area contributed by atoms with Gasteiger partial charge in [0.1, 0.15) is 5.01 Å². The minimum Gasteiger partial charge on any atom is -0.455 e. The first-order valence-electron chi connectivity index (χ1n) is 8.83. The highest BCUT2D eigenvalue weighted by Gasteiger charge is 2.18. The highest BCUT2D eigenvalue weighted by molar-refractivity contribution is 7.14. The van der Waals surface area contributed by atoms with Crippen LogP contribution in [0, 0.1) is 0 Å². The monoisotopic (exact) mass is 407 g/mol. The lowest BCUT2D eigenvalue weighted by Gasteiger charge is -2.22. The van der Waals surface area contributed by atoms with Crippen LogP contribution in [0.15, 0.2) is 22.2 Å². The summed E-state index contributed by atoms with van der Waals surface area (Å²) in [5, 5.41) is 11.6. The molecule has 3 amide bonds. The number of hydrogen-bond acceptors (Lipinski definition) is 7. The van der Waals surface area contributed by atoms with Crippen LogP contribution in [0.3, 0.4) is 0 Å². The van der Waals surface area contributed by atoms with Gasteiger partial charge < -0.3 is 10.1 Å². The van der Waals surface area contributed by atoms with Crippen molar-refractivity contribution in [1.29, 1.82) is 0 Å². The van der Waals surface area contributed by atoms with Crippen LogP contribution in [-0.2, 0) is 20.7 Å². The fraction of sp³-hybridized carbons (Fsp3) is 0.444. The minimum absolute atomic E-state index is 0.0117. The Morgan fingerprint density at radius 2 is 2.00 bits per heavy atom. The van der Waals surface area contributed by atoms with Gasteiger partial charge >= 0.3 is 12.0 Å². The molecule has 144 valence electrons. The van der Waals surface area contributed by atoms with Gasteiger partial charge in [0.05, 0.1) is 12.1 Å². The summed E-state index contributed by atoms with van der Waals surface area (Å²) in [6.07, 6.45) is 5.20. The van der Waals surface area contributed by atoms with Gasteiger partial charge in [0.25, 0.3) is 5.91 Å². The molecule has 1 aliphatic carbocycles. The van der Waals surface area contributed by atoms with Crippen molar-refractivity contribution in [3.05, 3.63) is 27.9 Å². The number of carbonyl (C=O) groups is 3. The van der Waals surface area contributed by atoms with Crippen LogP contribution in [0.5, 0.6) is 0 Å². The van der Waals surface area contributed by atoms with Gasteiger partial charge in [-0.05, 0) is 24.3 Å². The largest absolute Gasteiger partial charge is 0.455 e. The van der Waals surface area contributed by atoms with Crippen molar-refractivity contribution >= 4 is 40.6 Å². The summed E-state index contributed by atoms with van der Waals surface area (Å²) >= 11 is 3.04. The third kappa shape index (κ3) is 6.14. The molecule has 9 heteroatoms. The molecule has 2 N–H and O–H groups in total. The van der Waals surface area contributed by atoms with Crippen LogP contribution in [0.1, 0.15) is 37.8 Å². The molecule has 0 bridgehead atoms. The Balaban J connectivity index is 1.37. The number of rotatable bonds is 6. The number of esters is 1. The van der Waals surface area contributed by atoms with Gasteiger partial charge in [-0.2, -0.15) is 11.3 Å². The average Bonchev–Trinajstić information content (AvgIpc) is 3.32. The topological polar surface area (TPSA) is 97.4 Å². The number of amides is 3. The minimum atomic E-state index is -0.645. The standard InChI is InChI=1S/C18H21N3O4S2/c22-15(21-18(24)20-13-4-2-1-3-5-13)9-25-16(23)8-14-11-27-17(19-14)12-6-7-26-10-12/h6-7,10-11,13H,1-5,8-9H2,(H2,20,21,22,24). The molecular weight excluding hydrogens is 386 g/mol. The molecule has 0 unspecified atom stereocenters. The lowest BCUT2D eigenvalue weighted by Crippen LogP contribution is -2.46. The van der Waals surface area contributed by atoms with Crippen LogP contribution >= 0.6 is 22.7 Å². The molecule has 27 heavy (non-hydrogen) atoms. The molecule has 0 saturated heterocycles. The van der Waals surface area contributed by atoms with Gasteiger partial charge in [-0.3, -0.25) is 14.9 Å². The molecule has 7 nitrogen and oxygen atoms in total. The number of thiazole rings is 1. The van der Waals surface area contributed by atoms with E-state index >= 15 is 0 Å². The summed E-state index contributed by atoms with van der Waals surface area (Å²) in [5.41, 5.74) is 1.62. The van der Waals surface area contributed by atoms with Crippen molar-refractivity contribution in [1.82, 2.24) is 15.6 Å². The first kappa shape index (κ1) is 19.5. The molecule has 1 aliphatic rings. The predicted octanol–water partition coefficient (Wildman–Crippen LogP) is 3.12. The van der Waals surface area contributed by atoms with E-state index in [9.17, 15) is 14.4 Å². The van der Waals surface area contributed by atoms with Crippen LogP contribution in [0.4, 0.5) is 4.79 Å². The molecule has 2 aromatic rings. The van der Waals surface area contributed by atoms with Crippen molar-refractivity contribution < 1.29 is 19.1 Å². The van der Waals surface area contributed by atoms with Crippen molar-refractivity contribution in [2.45, 2.75) is 44.6 Å². The third-order valence-corrected chi connectivity index (χ3v) is 5.83. The highest BCUT2D eigenvalue weighted by Crippen LogP contribution is 2.25. The first-order chi connectivity index (χ1) is 13.1. The Kier molecular flexibility index (Phi) is 6.94. The Hall–Kier alpha value is -2.26. The van der Waals surface area contributed by atoms with E-state index in [0.29, 0.717) is 5.69 Å². The zero-order chi connectivity index (χ0) is 19.1. The number of ether oxygens (including phenoxy) is 1. The molecule has 0 atom stereocenters. The zero-order valence-corrected chi connectivity index (χ0v) is 16.4. The van der Waals surface area contributed by atoms with Crippen molar-refractivity contribution in [3.63, 3.8) is 0 Å². The van der Waals surface area contributed by atoms with E-state index in [1.54, 1.807) is 16.7 Å². The molecule has 2 aromatic heterocycles. The number of nitrogens with one attached hydrogen (secondary N) is 2. The van der Waals surface area contributed by atoms with E-state index in [1.165, 1.54) is 17.8 Å². The normalized spacial score (nSPS) is 14.5. The molecule has 0 aliphatic heterocycles. The summed E-state index contributed by atoms with van der Waals surface area (Å²) < 4.78 is 4.93. The van der Waals surface area contributed by atoms with E-state index in [2.05, 4.69) is 15.6 Å². The molecule has 3 rings (SSSR count). The lowest BCUT2D eigenvalue weighted by molar-refractivity contribution is -0.147. The average molecular weight is 408 g/mol. The maximum Gasteiger partial charge on any atom is 0.321 e. The summed E-state index contributed by atoms with van der Waals surface area (Å²) in [6.45, 7) is -0.488. The Morgan fingerprint density at radius 1 is 1.19 bits per heavy atom. The van der Waals surface area contributed by atoms with Gasteiger partial charge in [-0.1, -0.05) is 19.3 Å². The molecule has 1 saturated carbocycles. The number of aromatic nitrogens is 1. The second-order valence-electron chi connectivity index (χ2n) is 6.35. The lowest BCUT2D eigenvalue weighted by atomic mass is 9.96. The van der Waals surface area contributed by atoms with E-state index in [1.807, 2.05) is 16.8 Å². The molecule has 0 aromatic carbocycles. The maximum atomic E-state index is 11.9. The van der Waals surface area contributed by atoms with Gasteiger partial charge in [-0.15, -0.1) is 11.3 Å². The molecule has 1 fully saturated rings. The fourth-order valence-electron chi connectivity index (χ4n) is 2.88. The highest BCUT2D eigenvalue weighted by atomic mass is 32.1. The summed E-state index contributed by atoms with van der Waals surface area (Å²) in [4.78, 5) is 39.8. The molecule has 0 spiro atoms. The summed E-state index contributed by atoms with van der Waals surface area (Å²) in [5.74, 6) is -1.20. The number of carbonyl (C=O) groups excluding carboxylic acids is 3. The third-order valence-electron chi connectivity index (χ3n) is 4.20. The molecule has 0 radical (unpaired) electrons. The van der Waals surface area contributed by atoms with E-state index in [0.717, 1.165) is 36.3 Å². The Labute approximate surface area is 165 Å². The maximum absolute atomic E-state index is 11.9. The Bertz CT molecular complexity index is 782. The second-order valence-corrected chi connectivity index (χ2v) is 7.99. The van der Waals surface area contributed by atoms with E-state index in [-0.39, 0.29) is 12.5 Å². The van der Waals surface area contributed by atoms with E-state index in [4.69, 9.17) is 4.74 Å². The van der Waals surface area contributed by atoms with Crippen molar-refractivity contribution in [3.8, 4) is 10.6 Å². The van der Waals surface area contributed by atoms with Crippen LogP contribution < -0.4 is 10.6 Å². The smallest absolute Gasteiger partial charge is 0.321 e. The van der Waals surface area contributed by atoms with Crippen molar-refractivity contribution in [2.24, 2.45) is 0 Å². The molecular formula is C18H21N3O4S2. The van der Waals surface area contributed by atoms with Crippen LogP contribution in [0.2, 0.25) is 0 Å². The number of thiophene rings is 1. The van der Waals surface area contributed by atoms with E-state index < -0.39 is 24.5 Å². The number of imide groups is 1.